The number of aryl methyl sites for hydroxylation is 1. The first-order valence-electron chi connectivity index (χ1n) is 7.64. The zero-order chi connectivity index (χ0) is 16.2. The molecule has 1 saturated heterocycles. The molecule has 2 amide bonds. The highest BCUT2D eigenvalue weighted by molar-refractivity contribution is 5.92. The Morgan fingerprint density at radius 3 is 2.59 bits per heavy atom. The van der Waals surface area contributed by atoms with Crippen molar-refractivity contribution in [3.05, 3.63) is 18.0 Å². The van der Waals surface area contributed by atoms with Crippen LogP contribution in [0.1, 0.15) is 36.7 Å². The molecule has 22 heavy (non-hydrogen) atoms. The maximum atomic E-state index is 12.4. The smallest absolute Gasteiger partial charge is 0.274 e. The summed E-state index contributed by atoms with van der Waals surface area (Å²) in [5.74, 6) is -0.385. The summed E-state index contributed by atoms with van der Waals surface area (Å²) in [5, 5.41) is 4.24. The van der Waals surface area contributed by atoms with E-state index in [9.17, 15) is 9.59 Å². The number of piperidine rings is 1. The summed E-state index contributed by atoms with van der Waals surface area (Å²) in [7, 11) is 1.61. The lowest BCUT2D eigenvalue weighted by molar-refractivity contribution is -0.131. The first-order chi connectivity index (χ1) is 10.5. The summed E-state index contributed by atoms with van der Waals surface area (Å²) in [5.41, 5.74) is 5.47. The number of amides is 2. The molecule has 7 heteroatoms. The van der Waals surface area contributed by atoms with Gasteiger partial charge in [-0.05, 0) is 32.3 Å². The van der Waals surface area contributed by atoms with E-state index in [4.69, 9.17) is 10.5 Å². The lowest BCUT2D eigenvalue weighted by Gasteiger charge is -2.39. The van der Waals surface area contributed by atoms with Crippen LogP contribution in [0.25, 0.3) is 0 Å². The highest BCUT2D eigenvalue weighted by Gasteiger charge is 2.40. The Morgan fingerprint density at radius 2 is 2.09 bits per heavy atom. The third kappa shape index (κ3) is 3.30. The van der Waals surface area contributed by atoms with Crippen LogP contribution in [0.3, 0.4) is 0 Å². The van der Waals surface area contributed by atoms with Gasteiger partial charge in [0.1, 0.15) is 5.69 Å². The largest absolute Gasteiger partial charge is 0.385 e. The molecule has 0 atom stereocenters. The molecule has 1 aromatic heterocycles. The molecular weight excluding hydrogens is 284 g/mol. The number of aromatic nitrogens is 2. The van der Waals surface area contributed by atoms with Crippen molar-refractivity contribution in [2.45, 2.75) is 32.7 Å². The molecule has 0 unspecified atom stereocenters. The van der Waals surface area contributed by atoms with Gasteiger partial charge in [0.15, 0.2) is 0 Å². The van der Waals surface area contributed by atoms with E-state index in [0.29, 0.717) is 44.7 Å². The van der Waals surface area contributed by atoms with E-state index in [1.165, 1.54) is 0 Å². The van der Waals surface area contributed by atoms with Gasteiger partial charge in [0.25, 0.3) is 5.91 Å². The predicted molar refractivity (Wildman–Crippen MR) is 81.2 cm³/mol. The normalized spacial score (nSPS) is 17.5. The van der Waals surface area contributed by atoms with Crippen LogP contribution in [-0.4, -0.2) is 53.3 Å². The van der Waals surface area contributed by atoms with Crippen molar-refractivity contribution < 1.29 is 14.3 Å². The summed E-state index contributed by atoms with van der Waals surface area (Å²) in [6.07, 6.45) is 3.55. The van der Waals surface area contributed by atoms with Crippen LogP contribution in [0.15, 0.2) is 12.3 Å². The third-order valence-corrected chi connectivity index (χ3v) is 4.50. The Labute approximate surface area is 130 Å². The monoisotopic (exact) mass is 308 g/mol. The van der Waals surface area contributed by atoms with Crippen LogP contribution >= 0.6 is 0 Å². The quantitative estimate of drug-likeness (QED) is 0.835. The van der Waals surface area contributed by atoms with Crippen LogP contribution in [-0.2, 0) is 16.1 Å². The molecule has 1 aliphatic heterocycles. The Kier molecular flexibility index (Phi) is 5.18. The fourth-order valence-electron chi connectivity index (χ4n) is 2.87. The molecule has 122 valence electrons. The molecule has 2 N–H and O–H groups in total. The number of methoxy groups -OCH3 is 1. The second kappa shape index (κ2) is 6.91. The Hall–Kier alpha value is -1.89. The number of hydrogen-bond acceptors (Lipinski definition) is 4. The van der Waals surface area contributed by atoms with Gasteiger partial charge in [-0.15, -0.1) is 0 Å². The van der Waals surface area contributed by atoms with Crippen molar-refractivity contribution >= 4 is 11.8 Å². The summed E-state index contributed by atoms with van der Waals surface area (Å²) >= 11 is 0. The van der Waals surface area contributed by atoms with Gasteiger partial charge in [-0.1, -0.05) is 0 Å². The zero-order valence-corrected chi connectivity index (χ0v) is 13.2. The second-order valence-corrected chi connectivity index (χ2v) is 5.74. The number of carbonyl (C=O) groups is 2. The van der Waals surface area contributed by atoms with E-state index < -0.39 is 5.41 Å². The zero-order valence-electron chi connectivity index (χ0n) is 13.2. The van der Waals surface area contributed by atoms with Crippen molar-refractivity contribution in [2.24, 2.45) is 11.1 Å². The SMILES string of the molecule is CCn1ccc(C(=O)N2CCC(CCOC)(C(N)=O)CC2)n1. The van der Waals surface area contributed by atoms with Crippen LogP contribution < -0.4 is 5.73 Å². The number of nitrogens with two attached hydrogens (primary N) is 1. The van der Waals surface area contributed by atoms with Gasteiger partial charge in [0.2, 0.25) is 5.91 Å². The highest BCUT2D eigenvalue weighted by Crippen LogP contribution is 2.35. The van der Waals surface area contributed by atoms with E-state index in [-0.39, 0.29) is 11.8 Å². The summed E-state index contributed by atoms with van der Waals surface area (Å²) in [6.45, 7) is 4.24. The van der Waals surface area contributed by atoms with E-state index in [1.807, 2.05) is 6.92 Å². The minimum Gasteiger partial charge on any atom is -0.385 e. The molecule has 0 spiro atoms. The van der Waals surface area contributed by atoms with Gasteiger partial charge < -0.3 is 15.4 Å². The maximum Gasteiger partial charge on any atom is 0.274 e. The molecule has 1 fully saturated rings. The van der Waals surface area contributed by atoms with Gasteiger partial charge in [-0.3, -0.25) is 14.3 Å². The summed E-state index contributed by atoms with van der Waals surface area (Å²) in [6, 6.07) is 1.73. The molecule has 0 radical (unpaired) electrons. The van der Waals surface area contributed by atoms with E-state index in [1.54, 1.807) is 29.0 Å². The molecule has 0 aromatic carbocycles. The van der Waals surface area contributed by atoms with Crippen molar-refractivity contribution in [1.82, 2.24) is 14.7 Å². The van der Waals surface area contributed by atoms with Gasteiger partial charge in [0.05, 0.1) is 5.41 Å². The Balaban J connectivity index is 2.00. The van der Waals surface area contributed by atoms with Gasteiger partial charge in [-0.25, -0.2) is 0 Å². The molecular formula is C15H24N4O3. The number of ether oxygens (including phenoxy) is 1. The van der Waals surface area contributed by atoms with E-state index in [0.717, 1.165) is 6.54 Å². The van der Waals surface area contributed by atoms with Crippen molar-refractivity contribution in [3.63, 3.8) is 0 Å². The van der Waals surface area contributed by atoms with Gasteiger partial charge >= 0.3 is 0 Å². The number of primary amides is 1. The molecule has 2 heterocycles. The molecule has 1 aliphatic rings. The Bertz CT molecular complexity index is 533. The average Bonchev–Trinajstić information content (AvgIpc) is 3.01. The maximum absolute atomic E-state index is 12.4. The van der Waals surface area contributed by atoms with Gasteiger partial charge in [-0.2, -0.15) is 5.10 Å². The fraction of sp³-hybridized carbons (Fsp3) is 0.667. The summed E-state index contributed by atoms with van der Waals surface area (Å²) in [4.78, 5) is 26.0. The molecule has 0 saturated carbocycles. The predicted octanol–water partition coefficient (Wildman–Crippen LogP) is 0.647. The average molecular weight is 308 g/mol. The second-order valence-electron chi connectivity index (χ2n) is 5.74. The van der Waals surface area contributed by atoms with Crippen LogP contribution in [0, 0.1) is 5.41 Å². The number of carbonyl (C=O) groups excluding carboxylic acids is 2. The minimum absolute atomic E-state index is 0.0861. The Morgan fingerprint density at radius 1 is 1.41 bits per heavy atom. The minimum atomic E-state index is -0.560. The lowest BCUT2D eigenvalue weighted by Crippen LogP contribution is -2.49. The fourth-order valence-corrected chi connectivity index (χ4v) is 2.87. The highest BCUT2D eigenvalue weighted by atomic mass is 16.5. The molecule has 0 aliphatic carbocycles. The van der Waals surface area contributed by atoms with Crippen molar-refractivity contribution in [1.29, 1.82) is 0 Å². The van der Waals surface area contributed by atoms with E-state index >= 15 is 0 Å². The van der Waals surface area contributed by atoms with Gasteiger partial charge in [0, 0.05) is 39.5 Å². The molecule has 0 bridgehead atoms. The van der Waals surface area contributed by atoms with E-state index in [2.05, 4.69) is 5.10 Å². The van der Waals surface area contributed by atoms with Crippen LogP contribution in [0.5, 0.6) is 0 Å². The molecule has 7 nitrogen and oxygen atoms in total. The summed E-state index contributed by atoms with van der Waals surface area (Å²) < 4.78 is 6.80. The topological polar surface area (TPSA) is 90.5 Å². The number of hydrogen-bond donors (Lipinski definition) is 1. The third-order valence-electron chi connectivity index (χ3n) is 4.50. The van der Waals surface area contributed by atoms with Crippen LogP contribution in [0.2, 0.25) is 0 Å². The first kappa shape index (κ1) is 16.5. The van der Waals surface area contributed by atoms with Crippen molar-refractivity contribution in [3.8, 4) is 0 Å². The standard InChI is InChI=1S/C15H24N4O3/c1-3-19-8-4-12(17-19)13(20)18-9-5-15(6-10-18,14(16)21)7-11-22-2/h4,8H,3,5-7,9-11H2,1-2H3,(H2,16,21). The number of nitrogens with zero attached hydrogens (tertiary/aromatic N) is 3. The van der Waals surface area contributed by atoms with Crippen molar-refractivity contribution in [2.75, 3.05) is 26.8 Å². The van der Waals surface area contributed by atoms with Crippen LogP contribution in [0.4, 0.5) is 0 Å². The molecule has 1 aromatic rings. The molecule has 2 rings (SSSR count). The number of likely N-dealkylation sites (tertiary alicyclic amines) is 1. The lowest BCUT2D eigenvalue weighted by atomic mass is 9.75. The first-order valence-corrected chi connectivity index (χ1v) is 7.64. The number of rotatable bonds is 6.